The fraction of sp³-hybridized carbons (Fsp3) is 0.364. The molecular weight excluding hydrogens is 315 g/mol. The molecule has 1 unspecified atom stereocenters. The van der Waals surface area contributed by atoms with E-state index >= 15 is 0 Å². The first-order valence-corrected chi connectivity index (χ1v) is 5.73. The maximum atomic E-state index is 12.6. The Hall–Kier alpha value is -1.08. The topological polar surface area (TPSA) is 52.3 Å². The van der Waals surface area contributed by atoms with Crippen molar-refractivity contribution in [3.8, 4) is 0 Å². The number of esters is 1. The van der Waals surface area contributed by atoms with Crippen LogP contribution in [0.2, 0.25) is 0 Å². The Morgan fingerprint density at radius 2 is 2.06 bits per heavy atom. The standard InChI is InChI=1S/C11H11BrF3NO2/c1-18-10(17)9(16)4-6-2-7(11(13,14)15)5-8(12)3-6/h2-3,5,9H,4,16H2,1H3. The van der Waals surface area contributed by atoms with Gasteiger partial charge < -0.3 is 10.5 Å². The Kier molecular flexibility index (Phi) is 4.75. The van der Waals surface area contributed by atoms with E-state index in [0.717, 1.165) is 12.1 Å². The Labute approximate surface area is 110 Å². The number of halogens is 4. The molecule has 0 aliphatic heterocycles. The van der Waals surface area contributed by atoms with Gasteiger partial charge in [0.05, 0.1) is 12.7 Å². The van der Waals surface area contributed by atoms with Gasteiger partial charge in [-0.05, 0) is 30.2 Å². The van der Waals surface area contributed by atoms with Crippen molar-refractivity contribution >= 4 is 21.9 Å². The van der Waals surface area contributed by atoms with Gasteiger partial charge in [-0.15, -0.1) is 0 Å². The number of methoxy groups -OCH3 is 1. The average molecular weight is 326 g/mol. The van der Waals surface area contributed by atoms with Gasteiger partial charge in [0, 0.05) is 4.47 Å². The number of benzene rings is 1. The van der Waals surface area contributed by atoms with Gasteiger partial charge in [-0.25, -0.2) is 0 Å². The van der Waals surface area contributed by atoms with Gasteiger partial charge in [0.2, 0.25) is 0 Å². The van der Waals surface area contributed by atoms with Crippen LogP contribution in [0.3, 0.4) is 0 Å². The normalized spacial score (nSPS) is 13.2. The lowest BCUT2D eigenvalue weighted by molar-refractivity contribution is -0.142. The zero-order chi connectivity index (χ0) is 13.9. The lowest BCUT2D eigenvalue weighted by atomic mass is 10.0. The summed E-state index contributed by atoms with van der Waals surface area (Å²) in [6.45, 7) is 0. The van der Waals surface area contributed by atoms with E-state index in [1.54, 1.807) is 0 Å². The Bertz CT molecular complexity index is 448. The third-order valence-corrected chi connectivity index (χ3v) is 2.70. The summed E-state index contributed by atoms with van der Waals surface area (Å²) in [4.78, 5) is 11.1. The minimum atomic E-state index is -4.44. The molecule has 1 rings (SSSR count). The van der Waals surface area contributed by atoms with Crippen molar-refractivity contribution in [2.75, 3.05) is 7.11 Å². The molecule has 3 nitrogen and oxygen atoms in total. The van der Waals surface area contributed by atoms with E-state index in [1.807, 2.05) is 0 Å². The molecule has 0 fully saturated rings. The average Bonchev–Trinajstić information content (AvgIpc) is 2.25. The van der Waals surface area contributed by atoms with E-state index in [2.05, 4.69) is 20.7 Å². The molecule has 0 amide bonds. The summed E-state index contributed by atoms with van der Waals surface area (Å²) in [6, 6.07) is 2.43. The summed E-state index contributed by atoms with van der Waals surface area (Å²) in [5, 5.41) is 0. The predicted molar refractivity (Wildman–Crippen MR) is 62.8 cm³/mol. The van der Waals surface area contributed by atoms with E-state index < -0.39 is 23.8 Å². The monoisotopic (exact) mass is 325 g/mol. The minimum absolute atomic E-state index is 0.0187. The lowest BCUT2D eigenvalue weighted by Gasteiger charge is -2.12. The highest BCUT2D eigenvalue weighted by Gasteiger charge is 2.31. The molecule has 0 aliphatic carbocycles. The molecule has 2 N–H and O–H groups in total. The second-order valence-electron chi connectivity index (χ2n) is 3.68. The molecule has 0 aromatic heterocycles. The highest BCUT2D eigenvalue weighted by molar-refractivity contribution is 9.10. The summed E-state index contributed by atoms with van der Waals surface area (Å²) in [5.41, 5.74) is 5.02. The third-order valence-electron chi connectivity index (χ3n) is 2.24. The molecule has 100 valence electrons. The molecule has 1 atom stereocenters. The van der Waals surface area contributed by atoms with Crippen molar-refractivity contribution in [2.45, 2.75) is 18.6 Å². The zero-order valence-corrected chi connectivity index (χ0v) is 11.0. The lowest BCUT2D eigenvalue weighted by Crippen LogP contribution is -2.33. The molecule has 0 radical (unpaired) electrons. The summed E-state index contributed by atoms with van der Waals surface area (Å²) in [6.07, 6.45) is -4.46. The van der Waals surface area contributed by atoms with Gasteiger partial charge in [0.1, 0.15) is 6.04 Å². The van der Waals surface area contributed by atoms with Gasteiger partial charge in [-0.2, -0.15) is 13.2 Å². The van der Waals surface area contributed by atoms with Crippen molar-refractivity contribution < 1.29 is 22.7 Å². The van der Waals surface area contributed by atoms with Crippen LogP contribution >= 0.6 is 15.9 Å². The second-order valence-corrected chi connectivity index (χ2v) is 4.60. The van der Waals surface area contributed by atoms with Crippen LogP contribution in [0, 0.1) is 0 Å². The van der Waals surface area contributed by atoms with Crippen molar-refractivity contribution in [3.05, 3.63) is 33.8 Å². The fourth-order valence-electron chi connectivity index (χ4n) is 1.42. The van der Waals surface area contributed by atoms with Crippen LogP contribution < -0.4 is 5.73 Å². The Morgan fingerprint density at radius 1 is 1.44 bits per heavy atom. The maximum absolute atomic E-state index is 12.6. The van der Waals surface area contributed by atoms with Gasteiger partial charge in [-0.3, -0.25) is 4.79 Å². The smallest absolute Gasteiger partial charge is 0.416 e. The van der Waals surface area contributed by atoms with Crippen LogP contribution in [0.1, 0.15) is 11.1 Å². The van der Waals surface area contributed by atoms with Crippen LogP contribution in [0.15, 0.2) is 22.7 Å². The summed E-state index contributed by atoms with van der Waals surface area (Å²) >= 11 is 2.99. The summed E-state index contributed by atoms with van der Waals surface area (Å²) in [5.74, 6) is -0.663. The quantitative estimate of drug-likeness (QED) is 0.869. The molecule has 0 spiro atoms. The van der Waals surface area contributed by atoms with Gasteiger partial charge in [-0.1, -0.05) is 15.9 Å². The molecule has 0 heterocycles. The number of hydrogen-bond donors (Lipinski definition) is 1. The maximum Gasteiger partial charge on any atom is 0.416 e. The number of carbonyl (C=O) groups excluding carboxylic acids is 1. The van der Waals surface area contributed by atoms with E-state index in [-0.39, 0.29) is 10.9 Å². The minimum Gasteiger partial charge on any atom is -0.468 e. The first-order chi connectivity index (χ1) is 8.24. The van der Waals surface area contributed by atoms with Crippen LogP contribution in [-0.2, 0) is 22.1 Å². The van der Waals surface area contributed by atoms with E-state index in [4.69, 9.17) is 5.73 Å². The first kappa shape index (κ1) is 15.0. The van der Waals surface area contributed by atoms with E-state index in [9.17, 15) is 18.0 Å². The van der Waals surface area contributed by atoms with Crippen LogP contribution in [0.4, 0.5) is 13.2 Å². The van der Waals surface area contributed by atoms with Crippen LogP contribution in [0.25, 0.3) is 0 Å². The second kappa shape index (κ2) is 5.71. The molecule has 0 aliphatic rings. The number of rotatable bonds is 3. The molecule has 0 saturated heterocycles. The number of carbonyl (C=O) groups is 1. The van der Waals surface area contributed by atoms with Crippen molar-refractivity contribution in [2.24, 2.45) is 5.73 Å². The fourth-order valence-corrected chi connectivity index (χ4v) is 1.96. The highest BCUT2D eigenvalue weighted by Crippen LogP contribution is 2.32. The molecule has 1 aromatic rings. The Morgan fingerprint density at radius 3 is 2.56 bits per heavy atom. The molecular formula is C11H11BrF3NO2. The molecule has 7 heteroatoms. The zero-order valence-electron chi connectivity index (χ0n) is 9.42. The number of hydrogen-bond acceptors (Lipinski definition) is 3. The molecule has 18 heavy (non-hydrogen) atoms. The first-order valence-electron chi connectivity index (χ1n) is 4.94. The third kappa shape index (κ3) is 3.99. The largest absolute Gasteiger partial charge is 0.468 e. The molecule has 0 bridgehead atoms. The SMILES string of the molecule is COC(=O)C(N)Cc1cc(Br)cc(C(F)(F)F)c1. The van der Waals surface area contributed by atoms with Crippen molar-refractivity contribution in [3.63, 3.8) is 0 Å². The van der Waals surface area contributed by atoms with Gasteiger partial charge >= 0.3 is 12.1 Å². The number of nitrogens with two attached hydrogens (primary N) is 1. The molecule has 1 aromatic carbocycles. The number of alkyl halides is 3. The molecule has 0 saturated carbocycles. The van der Waals surface area contributed by atoms with Crippen molar-refractivity contribution in [1.82, 2.24) is 0 Å². The van der Waals surface area contributed by atoms with E-state index in [1.165, 1.54) is 13.2 Å². The van der Waals surface area contributed by atoms with Gasteiger partial charge in [0.15, 0.2) is 0 Å². The van der Waals surface area contributed by atoms with Gasteiger partial charge in [0.25, 0.3) is 0 Å². The van der Waals surface area contributed by atoms with Crippen LogP contribution in [-0.4, -0.2) is 19.1 Å². The predicted octanol–water partition coefficient (Wildman–Crippen LogP) is 2.51. The van der Waals surface area contributed by atoms with Crippen molar-refractivity contribution in [1.29, 1.82) is 0 Å². The summed E-state index contributed by atoms with van der Waals surface area (Å²) < 4.78 is 42.4. The van der Waals surface area contributed by atoms with E-state index in [0.29, 0.717) is 5.56 Å². The summed E-state index contributed by atoms with van der Waals surface area (Å²) in [7, 11) is 1.17. The highest BCUT2D eigenvalue weighted by atomic mass is 79.9. The van der Waals surface area contributed by atoms with Crippen LogP contribution in [0.5, 0.6) is 0 Å². The Balaban J connectivity index is 2.97. The number of ether oxygens (including phenoxy) is 1.